The van der Waals surface area contributed by atoms with Gasteiger partial charge < -0.3 is 64.2 Å². The van der Waals surface area contributed by atoms with Gasteiger partial charge in [-0.05, 0) is 38.5 Å². The number of aliphatic hydroxyl groups is 7. The van der Waals surface area contributed by atoms with E-state index in [0.717, 1.165) is 44.9 Å². The predicted molar refractivity (Wildman–Crippen MR) is 215 cm³/mol. The molecule has 0 bridgehead atoms. The molecule has 2 fully saturated rings. The van der Waals surface area contributed by atoms with E-state index in [4.69, 9.17) is 28.4 Å². The second-order valence-electron chi connectivity index (χ2n) is 14.5. The molecule has 0 aromatic carbocycles. The number of allylic oxidation sites excluding steroid dienone is 9. The van der Waals surface area contributed by atoms with Gasteiger partial charge in [-0.1, -0.05) is 120 Å². The van der Waals surface area contributed by atoms with Crippen molar-refractivity contribution in [3.63, 3.8) is 0 Å². The van der Waals surface area contributed by atoms with E-state index in [1.54, 1.807) is 6.08 Å². The summed E-state index contributed by atoms with van der Waals surface area (Å²) in [5.41, 5.74) is 0. The van der Waals surface area contributed by atoms with E-state index >= 15 is 0 Å². The summed E-state index contributed by atoms with van der Waals surface area (Å²) in [7, 11) is 0. The fraction of sp³-hybridized carbons (Fsp3) is 0.744. The van der Waals surface area contributed by atoms with Gasteiger partial charge in [-0.2, -0.15) is 0 Å². The van der Waals surface area contributed by atoms with Crippen LogP contribution in [0.4, 0.5) is 0 Å². The summed E-state index contributed by atoms with van der Waals surface area (Å²) in [6.45, 7) is 3.37. The molecule has 2 saturated heterocycles. The Morgan fingerprint density at radius 3 is 1.63 bits per heavy atom. The SMILES string of the molecule is CC/C=C\C/C=C\C/C=C\C/C=C\C/C=C\CC(=O)OC(COCCCCCCCCCC)COC1OC(COC2OC(CO)C(O)C(O)C2O)C(O)C(O)C1O. The standard InChI is InChI=1S/C43H72O14/c1-3-5-7-9-11-13-14-15-16-17-18-19-20-22-24-26-35(45)55-32(29-52-27-25-23-21-12-10-8-6-4-2)30-53-42-41(51)39(49)37(47)34(57-42)31-54-43-40(50)38(48)36(46)33(28-44)56-43/h5,7,11,13,15-16,18-19,22,24,32-34,36-44,46-51H,3-4,6,8-10,12,14,17,20-21,23,25-31H2,1-2H3/b7-5-,13-11-,16-15-,19-18-,24-22-. The molecule has 2 rings (SSSR count). The molecule has 2 aliphatic rings. The Labute approximate surface area is 339 Å². The van der Waals surface area contributed by atoms with Crippen molar-refractivity contribution in [3.8, 4) is 0 Å². The van der Waals surface area contributed by atoms with Crippen LogP contribution in [-0.2, 0) is 33.2 Å². The van der Waals surface area contributed by atoms with Gasteiger partial charge in [-0.25, -0.2) is 0 Å². The Bertz CT molecular complexity index is 1170. The molecule has 328 valence electrons. The van der Waals surface area contributed by atoms with Crippen molar-refractivity contribution < 1.29 is 69.0 Å². The monoisotopic (exact) mass is 812 g/mol. The molecule has 0 aliphatic carbocycles. The first-order chi connectivity index (χ1) is 27.6. The van der Waals surface area contributed by atoms with Gasteiger partial charge in [0.25, 0.3) is 0 Å². The highest BCUT2D eigenvalue weighted by molar-refractivity contribution is 5.71. The summed E-state index contributed by atoms with van der Waals surface area (Å²) < 4.78 is 33.8. The Morgan fingerprint density at radius 1 is 0.579 bits per heavy atom. The zero-order chi connectivity index (χ0) is 41.7. The first-order valence-corrected chi connectivity index (χ1v) is 20.9. The number of hydrogen-bond acceptors (Lipinski definition) is 14. The molecule has 0 amide bonds. The quantitative estimate of drug-likeness (QED) is 0.0312. The van der Waals surface area contributed by atoms with Crippen LogP contribution in [0.15, 0.2) is 60.8 Å². The summed E-state index contributed by atoms with van der Waals surface area (Å²) in [5, 5.41) is 71.6. The minimum absolute atomic E-state index is 0.0194. The Balaban J connectivity index is 1.88. The summed E-state index contributed by atoms with van der Waals surface area (Å²) in [6, 6.07) is 0. The molecule has 0 radical (unpaired) electrons. The summed E-state index contributed by atoms with van der Waals surface area (Å²) in [4.78, 5) is 12.8. The van der Waals surface area contributed by atoms with Crippen LogP contribution in [0.3, 0.4) is 0 Å². The maximum absolute atomic E-state index is 12.8. The molecule has 14 nitrogen and oxygen atoms in total. The van der Waals surface area contributed by atoms with Crippen molar-refractivity contribution >= 4 is 5.97 Å². The lowest BCUT2D eigenvalue weighted by Gasteiger charge is -2.42. The van der Waals surface area contributed by atoms with Gasteiger partial charge in [-0.3, -0.25) is 4.79 Å². The van der Waals surface area contributed by atoms with Crippen LogP contribution < -0.4 is 0 Å². The molecule has 0 aromatic rings. The van der Waals surface area contributed by atoms with E-state index < -0.39 is 86.7 Å². The number of hydrogen-bond donors (Lipinski definition) is 7. The van der Waals surface area contributed by atoms with Gasteiger partial charge in [0.1, 0.15) is 54.9 Å². The predicted octanol–water partition coefficient (Wildman–Crippen LogP) is 3.84. The summed E-state index contributed by atoms with van der Waals surface area (Å²) in [6.07, 6.45) is 17.7. The van der Waals surface area contributed by atoms with Crippen molar-refractivity contribution in [3.05, 3.63) is 60.8 Å². The lowest BCUT2D eigenvalue weighted by molar-refractivity contribution is -0.332. The molecule has 57 heavy (non-hydrogen) atoms. The zero-order valence-electron chi connectivity index (χ0n) is 34.0. The van der Waals surface area contributed by atoms with Gasteiger partial charge in [0, 0.05) is 6.61 Å². The minimum Gasteiger partial charge on any atom is -0.457 e. The fourth-order valence-corrected chi connectivity index (χ4v) is 6.12. The highest BCUT2D eigenvalue weighted by Gasteiger charge is 2.47. The smallest absolute Gasteiger partial charge is 0.310 e. The fourth-order valence-electron chi connectivity index (χ4n) is 6.12. The largest absolute Gasteiger partial charge is 0.457 e. The lowest BCUT2D eigenvalue weighted by atomic mass is 9.98. The summed E-state index contributed by atoms with van der Waals surface area (Å²) in [5.74, 6) is -0.507. The second kappa shape index (κ2) is 31.6. The normalized spacial score (nSPS) is 29.1. The maximum atomic E-state index is 12.8. The van der Waals surface area contributed by atoms with Crippen LogP contribution in [0.1, 0.15) is 104 Å². The van der Waals surface area contributed by atoms with Crippen LogP contribution in [0, 0.1) is 0 Å². The van der Waals surface area contributed by atoms with E-state index in [2.05, 4.69) is 56.4 Å². The number of unbranched alkanes of at least 4 members (excludes halogenated alkanes) is 7. The molecule has 7 N–H and O–H groups in total. The molecular formula is C43H72O14. The van der Waals surface area contributed by atoms with Crippen molar-refractivity contribution in [2.75, 3.05) is 33.0 Å². The van der Waals surface area contributed by atoms with Crippen molar-refractivity contribution in [1.82, 2.24) is 0 Å². The zero-order valence-corrected chi connectivity index (χ0v) is 34.0. The van der Waals surface area contributed by atoms with Crippen LogP contribution in [0.25, 0.3) is 0 Å². The highest BCUT2D eigenvalue weighted by Crippen LogP contribution is 2.26. The second-order valence-corrected chi connectivity index (χ2v) is 14.5. The average molecular weight is 813 g/mol. The van der Waals surface area contributed by atoms with Crippen molar-refractivity contribution in [2.45, 2.75) is 171 Å². The van der Waals surface area contributed by atoms with E-state index in [1.165, 1.54) is 32.1 Å². The first kappa shape index (κ1) is 50.8. The van der Waals surface area contributed by atoms with Crippen LogP contribution in [-0.4, -0.2) is 142 Å². The van der Waals surface area contributed by atoms with Gasteiger partial charge >= 0.3 is 5.97 Å². The molecule has 2 aliphatic heterocycles. The molecule has 2 heterocycles. The molecule has 11 atom stereocenters. The Morgan fingerprint density at radius 2 is 1.07 bits per heavy atom. The third-order valence-electron chi connectivity index (χ3n) is 9.57. The van der Waals surface area contributed by atoms with Gasteiger partial charge in [0.05, 0.1) is 32.8 Å². The van der Waals surface area contributed by atoms with Gasteiger partial charge in [0.15, 0.2) is 12.6 Å². The lowest BCUT2D eigenvalue weighted by Crippen LogP contribution is -2.61. The van der Waals surface area contributed by atoms with E-state index in [9.17, 15) is 40.5 Å². The van der Waals surface area contributed by atoms with Crippen LogP contribution in [0.5, 0.6) is 0 Å². The van der Waals surface area contributed by atoms with Crippen molar-refractivity contribution in [2.24, 2.45) is 0 Å². The average Bonchev–Trinajstić information content (AvgIpc) is 3.20. The minimum atomic E-state index is -1.72. The van der Waals surface area contributed by atoms with Gasteiger partial charge in [-0.15, -0.1) is 0 Å². The molecule has 0 saturated carbocycles. The van der Waals surface area contributed by atoms with E-state index in [1.807, 2.05) is 12.2 Å². The highest BCUT2D eigenvalue weighted by atomic mass is 16.7. The molecule has 0 aromatic heterocycles. The van der Waals surface area contributed by atoms with Crippen LogP contribution in [0.2, 0.25) is 0 Å². The molecule has 0 spiro atoms. The van der Waals surface area contributed by atoms with E-state index in [0.29, 0.717) is 13.0 Å². The Kier molecular flexibility index (Phi) is 28.2. The third-order valence-corrected chi connectivity index (χ3v) is 9.57. The topological polar surface area (TPSA) is 214 Å². The first-order valence-electron chi connectivity index (χ1n) is 20.9. The Hall–Kier alpha value is -2.31. The molecule has 14 heteroatoms. The number of ether oxygens (including phenoxy) is 6. The number of esters is 1. The molecular weight excluding hydrogens is 740 g/mol. The number of aliphatic hydroxyl groups excluding tert-OH is 7. The number of carbonyl (C=O) groups is 1. The maximum Gasteiger partial charge on any atom is 0.310 e. The van der Waals surface area contributed by atoms with Crippen LogP contribution >= 0.6 is 0 Å². The van der Waals surface area contributed by atoms with Gasteiger partial charge in [0.2, 0.25) is 0 Å². The van der Waals surface area contributed by atoms with Crippen molar-refractivity contribution in [1.29, 1.82) is 0 Å². The number of rotatable bonds is 30. The third kappa shape index (κ3) is 21.0. The summed E-state index contributed by atoms with van der Waals surface area (Å²) >= 11 is 0. The van der Waals surface area contributed by atoms with E-state index in [-0.39, 0.29) is 19.6 Å². The molecule has 11 unspecified atom stereocenters. The number of carbonyl (C=O) groups excluding carboxylic acids is 1.